The number of benzene rings is 1. The van der Waals surface area contributed by atoms with Gasteiger partial charge < -0.3 is 5.32 Å². The fourth-order valence-electron chi connectivity index (χ4n) is 2.05. The Balaban J connectivity index is 2.49. The molecule has 1 aliphatic heterocycles. The van der Waals surface area contributed by atoms with Gasteiger partial charge in [0.2, 0.25) is 11.8 Å². The lowest BCUT2D eigenvalue weighted by Gasteiger charge is -2.36. The molecule has 96 valence electrons. The van der Waals surface area contributed by atoms with Crippen LogP contribution in [0.4, 0.5) is 5.69 Å². The second kappa shape index (κ2) is 4.61. The van der Waals surface area contributed by atoms with Crippen LogP contribution in [0, 0.1) is 6.92 Å². The van der Waals surface area contributed by atoms with Gasteiger partial charge in [-0.2, -0.15) is 0 Å². The van der Waals surface area contributed by atoms with E-state index in [-0.39, 0.29) is 11.8 Å². The summed E-state index contributed by atoms with van der Waals surface area (Å²) in [6.45, 7) is 5.28. The molecule has 4 nitrogen and oxygen atoms in total. The van der Waals surface area contributed by atoms with Crippen molar-refractivity contribution in [3.05, 3.63) is 28.8 Å². The van der Waals surface area contributed by atoms with Gasteiger partial charge in [0, 0.05) is 0 Å². The van der Waals surface area contributed by atoms with Gasteiger partial charge in [0.25, 0.3) is 0 Å². The third kappa shape index (κ3) is 2.08. The molecule has 18 heavy (non-hydrogen) atoms. The molecule has 0 spiro atoms. The Kier molecular flexibility index (Phi) is 3.30. The van der Waals surface area contributed by atoms with Crippen LogP contribution in [0.5, 0.6) is 0 Å². The second-order valence-corrected chi connectivity index (χ2v) is 4.98. The van der Waals surface area contributed by atoms with E-state index in [0.29, 0.717) is 10.7 Å². The van der Waals surface area contributed by atoms with Crippen molar-refractivity contribution in [3.8, 4) is 0 Å². The largest absolute Gasteiger partial charge is 0.343 e. The van der Waals surface area contributed by atoms with E-state index in [1.54, 1.807) is 19.9 Å². The number of carbonyl (C=O) groups excluding carboxylic acids is 2. The summed E-state index contributed by atoms with van der Waals surface area (Å²) in [6, 6.07) is 4.36. The zero-order valence-corrected chi connectivity index (χ0v) is 11.3. The van der Waals surface area contributed by atoms with E-state index in [0.717, 1.165) is 5.56 Å². The number of carbonyl (C=O) groups is 2. The van der Waals surface area contributed by atoms with E-state index in [1.807, 2.05) is 19.1 Å². The van der Waals surface area contributed by atoms with Crippen molar-refractivity contribution in [1.82, 2.24) is 5.32 Å². The van der Waals surface area contributed by atoms with Gasteiger partial charge in [-0.1, -0.05) is 17.7 Å². The highest BCUT2D eigenvalue weighted by Crippen LogP contribution is 2.30. The van der Waals surface area contributed by atoms with Gasteiger partial charge in [0.15, 0.2) is 0 Å². The van der Waals surface area contributed by atoms with Crippen LogP contribution in [0.2, 0.25) is 5.02 Å². The molecule has 1 aromatic carbocycles. The van der Waals surface area contributed by atoms with Crippen molar-refractivity contribution in [2.24, 2.45) is 0 Å². The lowest BCUT2D eigenvalue weighted by molar-refractivity contribution is -0.133. The monoisotopic (exact) mass is 266 g/mol. The molecule has 1 fully saturated rings. The topological polar surface area (TPSA) is 49.4 Å². The minimum Gasteiger partial charge on any atom is -0.343 e. The van der Waals surface area contributed by atoms with Gasteiger partial charge in [0.05, 0.1) is 10.7 Å². The molecule has 0 radical (unpaired) electrons. The summed E-state index contributed by atoms with van der Waals surface area (Å²) in [5.74, 6) is -0.311. The number of anilines is 1. The van der Waals surface area contributed by atoms with Crippen molar-refractivity contribution in [2.75, 3.05) is 4.90 Å². The van der Waals surface area contributed by atoms with Gasteiger partial charge >= 0.3 is 0 Å². The maximum atomic E-state index is 12.2. The Morgan fingerprint density at radius 2 is 1.94 bits per heavy atom. The molecule has 2 unspecified atom stereocenters. The fraction of sp³-hybridized carbons (Fsp3) is 0.385. The molecule has 0 aromatic heterocycles. The number of nitrogens with zero attached hydrogens (tertiary/aromatic N) is 1. The summed E-state index contributed by atoms with van der Waals surface area (Å²) in [5.41, 5.74) is 1.59. The Bertz CT molecular complexity index is 516. The zero-order valence-electron chi connectivity index (χ0n) is 10.5. The molecule has 1 saturated heterocycles. The van der Waals surface area contributed by atoms with Crippen molar-refractivity contribution in [1.29, 1.82) is 0 Å². The average Bonchev–Trinajstić information content (AvgIpc) is 2.31. The normalized spacial score (nSPS) is 24.1. The first-order valence-electron chi connectivity index (χ1n) is 5.81. The van der Waals surface area contributed by atoms with E-state index in [1.165, 1.54) is 4.90 Å². The van der Waals surface area contributed by atoms with Crippen LogP contribution in [0.15, 0.2) is 18.2 Å². The molecule has 0 bridgehead atoms. The molecule has 1 N–H and O–H groups in total. The van der Waals surface area contributed by atoms with Crippen LogP contribution in [-0.2, 0) is 9.59 Å². The summed E-state index contributed by atoms with van der Waals surface area (Å²) in [5, 5.41) is 3.11. The lowest BCUT2D eigenvalue weighted by Crippen LogP contribution is -2.61. The number of rotatable bonds is 1. The highest BCUT2D eigenvalue weighted by atomic mass is 35.5. The molecule has 1 aromatic rings. The van der Waals surface area contributed by atoms with E-state index >= 15 is 0 Å². The first kappa shape index (κ1) is 12.9. The molecule has 1 aliphatic rings. The summed E-state index contributed by atoms with van der Waals surface area (Å²) in [7, 11) is 0. The predicted octanol–water partition coefficient (Wildman–Crippen LogP) is 1.89. The van der Waals surface area contributed by atoms with Gasteiger partial charge in [-0.05, 0) is 38.5 Å². The smallest absolute Gasteiger partial charge is 0.250 e. The van der Waals surface area contributed by atoms with Gasteiger partial charge in [0.1, 0.15) is 12.1 Å². The summed E-state index contributed by atoms with van der Waals surface area (Å²) in [6.07, 6.45) is 0. The number of halogens is 1. The quantitative estimate of drug-likeness (QED) is 0.844. The van der Waals surface area contributed by atoms with E-state index in [9.17, 15) is 9.59 Å². The van der Waals surface area contributed by atoms with Gasteiger partial charge in [-0.25, -0.2) is 0 Å². The summed E-state index contributed by atoms with van der Waals surface area (Å²) < 4.78 is 0. The highest BCUT2D eigenvalue weighted by molar-refractivity contribution is 6.34. The lowest BCUT2D eigenvalue weighted by atomic mass is 10.1. The SMILES string of the molecule is Cc1ccc(Cl)c(N2C(=O)C(C)NC(=O)C2C)c1. The highest BCUT2D eigenvalue weighted by Gasteiger charge is 2.37. The van der Waals surface area contributed by atoms with E-state index in [4.69, 9.17) is 11.6 Å². The Morgan fingerprint density at radius 1 is 1.28 bits per heavy atom. The van der Waals surface area contributed by atoms with Gasteiger partial charge in [-0.3, -0.25) is 14.5 Å². The molecule has 2 amide bonds. The number of nitrogens with one attached hydrogen (secondary N) is 1. The van der Waals surface area contributed by atoms with Crippen LogP contribution in [-0.4, -0.2) is 23.9 Å². The maximum Gasteiger partial charge on any atom is 0.250 e. The molecule has 2 rings (SSSR count). The first-order chi connectivity index (χ1) is 8.41. The van der Waals surface area contributed by atoms with Crippen molar-refractivity contribution < 1.29 is 9.59 Å². The average molecular weight is 267 g/mol. The maximum absolute atomic E-state index is 12.2. The fourth-order valence-corrected chi connectivity index (χ4v) is 2.26. The summed E-state index contributed by atoms with van der Waals surface area (Å²) in [4.78, 5) is 25.5. The van der Waals surface area contributed by atoms with Crippen LogP contribution < -0.4 is 10.2 Å². The predicted molar refractivity (Wildman–Crippen MR) is 70.7 cm³/mol. The van der Waals surface area contributed by atoms with Crippen LogP contribution in [0.3, 0.4) is 0 Å². The van der Waals surface area contributed by atoms with E-state index in [2.05, 4.69) is 5.32 Å². The molecule has 0 aliphatic carbocycles. The van der Waals surface area contributed by atoms with Crippen molar-refractivity contribution in [3.63, 3.8) is 0 Å². The minimum atomic E-state index is -0.548. The standard InChI is InChI=1S/C13H15ClN2O2/c1-7-4-5-10(14)11(6-7)16-9(3)12(17)15-8(2)13(16)18/h4-6,8-9H,1-3H3,(H,15,17). The van der Waals surface area contributed by atoms with Crippen LogP contribution >= 0.6 is 11.6 Å². The van der Waals surface area contributed by atoms with Crippen LogP contribution in [0.25, 0.3) is 0 Å². The Morgan fingerprint density at radius 3 is 2.61 bits per heavy atom. The third-order valence-electron chi connectivity index (χ3n) is 3.09. The second-order valence-electron chi connectivity index (χ2n) is 4.57. The molecule has 5 heteroatoms. The number of hydrogen-bond donors (Lipinski definition) is 1. The third-order valence-corrected chi connectivity index (χ3v) is 3.41. The van der Waals surface area contributed by atoms with Crippen LogP contribution in [0.1, 0.15) is 19.4 Å². The Hall–Kier alpha value is -1.55. The van der Waals surface area contributed by atoms with Crippen molar-refractivity contribution >= 4 is 29.1 Å². The first-order valence-corrected chi connectivity index (χ1v) is 6.19. The number of amides is 2. The molecular weight excluding hydrogens is 252 g/mol. The number of aryl methyl sites for hydroxylation is 1. The molecule has 2 atom stereocenters. The minimum absolute atomic E-state index is 0.144. The number of hydrogen-bond acceptors (Lipinski definition) is 2. The summed E-state index contributed by atoms with van der Waals surface area (Å²) >= 11 is 6.13. The zero-order chi connectivity index (χ0) is 13.4. The molecule has 1 heterocycles. The molecular formula is C13H15ClN2O2. The Labute approximate surface area is 111 Å². The van der Waals surface area contributed by atoms with E-state index < -0.39 is 12.1 Å². The van der Waals surface area contributed by atoms with Crippen molar-refractivity contribution in [2.45, 2.75) is 32.9 Å². The number of piperazine rings is 1. The van der Waals surface area contributed by atoms with Gasteiger partial charge in [-0.15, -0.1) is 0 Å². The molecule has 0 saturated carbocycles.